The number of carbonyl (C=O) groups is 2. The zero-order valence-corrected chi connectivity index (χ0v) is 16.4. The van der Waals surface area contributed by atoms with Gasteiger partial charge < -0.3 is 10.6 Å². The largest absolute Gasteiger partial charge is 0.343 e. The van der Waals surface area contributed by atoms with Gasteiger partial charge in [-0.1, -0.05) is 46.3 Å². The van der Waals surface area contributed by atoms with E-state index in [0.717, 1.165) is 21.3 Å². The maximum atomic E-state index is 12.1. The van der Waals surface area contributed by atoms with Gasteiger partial charge in [-0.3, -0.25) is 9.59 Å². The van der Waals surface area contributed by atoms with E-state index in [-0.39, 0.29) is 18.4 Å². The van der Waals surface area contributed by atoms with Crippen molar-refractivity contribution in [3.8, 4) is 11.3 Å². The molecule has 2 amide bonds. The van der Waals surface area contributed by atoms with Gasteiger partial charge >= 0.3 is 0 Å². The number of carbonyl (C=O) groups excluding carboxylic acids is 2. The van der Waals surface area contributed by atoms with Crippen molar-refractivity contribution in [3.05, 3.63) is 69.5 Å². The number of amides is 2. The molecule has 0 aliphatic carbocycles. The number of halogens is 1. The molecule has 0 spiro atoms. The number of aromatic nitrogens is 1. The third-order valence-electron chi connectivity index (χ3n) is 3.67. The van der Waals surface area contributed by atoms with E-state index in [9.17, 15) is 9.59 Å². The van der Waals surface area contributed by atoms with Gasteiger partial charge in [-0.25, -0.2) is 4.98 Å². The summed E-state index contributed by atoms with van der Waals surface area (Å²) in [6.45, 7) is 1.74. The standard InChI is InChI=1S/C19H16BrN3O2S/c1-12-5-2-3-8-15(12)18(25)21-10-17(24)23-19-22-16(11-26-19)13-6-4-7-14(20)9-13/h2-9,11H,10H2,1H3,(H,21,25)(H,22,23,24). The Morgan fingerprint density at radius 2 is 1.96 bits per heavy atom. The first-order valence-electron chi connectivity index (χ1n) is 7.88. The fraction of sp³-hybridized carbons (Fsp3) is 0.105. The summed E-state index contributed by atoms with van der Waals surface area (Å²) in [5.41, 5.74) is 3.18. The van der Waals surface area contributed by atoms with Crippen molar-refractivity contribution in [2.45, 2.75) is 6.92 Å². The highest BCUT2D eigenvalue weighted by Gasteiger charge is 2.12. The zero-order chi connectivity index (χ0) is 18.5. The van der Waals surface area contributed by atoms with E-state index in [0.29, 0.717) is 10.7 Å². The third-order valence-corrected chi connectivity index (χ3v) is 4.92. The fourth-order valence-electron chi connectivity index (χ4n) is 2.36. The average molecular weight is 430 g/mol. The highest BCUT2D eigenvalue weighted by Crippen LogP contribution is 2.26. The van der Waals surface area contributed by atoms with Crippen molar-refractivity contribution < 1.29 is 9.59 Å². The molecule has 5 nitrogen and oxygen atoms in total. The number of hydrogen-bond acceptors (Lipinski definition) is 4. The van der Waals surface area contributed by atoms with Gasteiger partial charge in [0.2, 0.25) is 5.91 Å². The quantitative estimate of drug-likeness (QED) is 0.636. The van der Waals surface area contributed by atoms with Crippen molar-refractivity contribution in [3.63, 3.8) is 0 Å². The summed E-state index contributed by atoms with van der Waals surface area (Å²) >= 11 is 4.77. The van der Waals surface area contributed by atoms with Crippen molar-refractivity contribution in [1.29, 1.82) is 0 Å². The Bertz CT molecular complexity index is 955. The molecule has 0 fully saturated rings. The number of aryl methyl sites for hydroxylation is 1. The predicted molar refractivity (Wildman–Crippen MR) is 107 cm³/mol. The second-order valence-corrected chi connectivity index (χ2v) is 7.37. The first kappa shape index (κ1) is 18.3. The monoisotopic (exact) mass is 429 g/mol. The number of nitrogens with zero attached hydrogens (tertiary/aromatic N) is 1. The zero-order valence-electron chi connectivity index (χ0n) is 14.0. The molecule has 26 heavy (non-hydrogen) atoms. The molecule has 1 aromatic heterocycles. The SMILES string of the molecule is Cc1ccccc1C(=O)NCC(=O)Nc1nc(-c2cccc(Br)c2)cs1. The second kappa shape index (κ2) is 8.25. The molecule has 0 unspecified atom stereocenters. The van der Waals surface area contributed by atoms with Crippen molar-refractivity contribution >= 4 is 44.2 Å². The van der Waals surface area contributed by atoms with Crippen molar-refractivity contribution in [2.24, 2.45) is 0 Å². The molecule has 0 atom stereocenters. The Morgan fingerprint density at radius 3 is 2.73 bits per heavy atom. The van der Waals surface area contributed by atoms with E-state index < -0.39 is 0 Å². The molecule has 0 aliphatic rings. The van der Waals surface area contributed by atoms with Gasteiger partial charge in [0.15, 0.2) is 5.13 Å². The molecule has 3 rings (SSSR count). The molecule has 0 saturated carbocycles. The number of thiazole rings is 1. The maximum absolute atomic E-state index is 12.1. The lowest BCUT2D eigenvalue weighted by atomic mass is 10.1. The van der Waals surface area contributed by atoms with Crippen molar-refractivity contribution in [2.75, 3.05) is 11.9 Å². The van der Waals surface area contributed by atoms with Gasteiger partial charge in [-0.2, -0.15) is 0 Å². The van der Waals surface area contributed by atoms with Crippen LogP contribution in [-0.2, 0) is 4.79 Å². The minimum absolute atomic E-state index is 0.112. The summed E-state index contributed by atoms with van der Waals surface area (Å²) in [4.78, 5) is 28.6. The van der Waals surface area contributed by atoms with E-state index >= 15 is 0 Å². The second-order valence-electron chi connectivity index (χ2n) is 5.59. The van der Waals surface area contributed by atoms with E-state index in [4.69, 9.17) is 0 Å². The molecule has 2 aromatic carbocycles. The molecule has 0 bridgehead atoms. The van der Waals surface area contributed by atoms with Crippen LogP contribution in [-0.4, -0.2) is 23.3 Å². The third kappa shape index (κ3) is 4.56. The predicted octanol–water partition coefficient (Wildman–Crippen LogP) is 4.25. The smallest absolute Gasteiger partial charge is 0.251 e. The minimum Gasteiger partial charge on any atom is -0.343 e. The van der Waals surface area contributed by atoms with Crippen LogP contribution in [0.3, 0.4) is 0 Å². The van der Waals surface area contributed by atoms with Crippen LogP contribution < -0.4 is 10.6 Å². The molecule has 0 radical (unpaired) electrons. The fourth-order valence-corrected chi connectivity index (χ4v) is 3.49. The lowest BCUT2D eigenvalue weighted by Crippen LogP contribution is -2.33. The molecule has 0 saturated heterocycles. The van der Waals surface area contributed by atoms with Gasteiger partial charge in [-0.15, -0.1) is 11.3 Å². The summed E-state index contributed by atoms with van der Waals surface area (Å²) in [5, 5.41) is 7.71. The number of nitrogens with one attached hydrogen (secondary N) is 2. The van der Waals surface area contributed by atoms with Gasteiger partial charge in [-0.05, 0) is 30.7 Å². The van der Waals surface area contributed by atoms with Crippen LogP contribution in [0.25, 0.3) is 11.3 Å². The van der Waals surface area contributed by atoms with Crippen LogP contribution in [0.4, 0.5) is 5.13 Å². The molecule has 3 aromatic rings. The molecule has 0 aliphatic heterocycles. The number of benzene rings is 2. The van der Waals surface area contributed by atoms with Crippen molar-refractivity contribution in [1.82, 2.24) is 10.3 Å². The van der Waals surface area contributed by atoms with E-state index in [1.807, 2.05) is 48.7 Å². The van der Waals surface area contributed by atoms with Crippen LogP contribution in [0.5, 0.6) is 0 Å². The first-order valence-corrected chi connectivity index (χ1v) is 9.55. The van der Waals surface area contributed by atoms with Crippen LogP contribution in [0.15, 0.2) is 58.4 Å². The highest BCUT2D eigenvalue weighted by molar-refractivity contribution is 9.10. The van der Waals surface area contributed by atoms with E-state index in [2.05, 4.69) is 31.5 Å². The summed E-state index contributed by atoms with van der Waals surface area (Å²) in [5.74, 6) is -0.589. The number of rotatable bonds is 5. The lowest BCUT2D eigenvalue weighted by molar-refractivity contribution is -0.115. The molecule has 1 heterocycles. The summed E-state index contributed by atoms with van der Waals surface area (Å²) in [7, 11) is 0. The van der Waals surface area contributed by atoms with Gasteiger partial charge in [0.25, 0.3) is 5.91 Å². The number of anilines is 1. The first-order chi connectivity index (χ1) is 12.5. The topological polar surface area (TPSA) is 71.1 Å². The summed E-state index contributed by atoms with van der Waals surface area (Å²) in [6, 6.07) is 15.0. The van der Waals surface area contributed by atoms with Crippen LogP contribution in [0, 0.1) is 6.92 Å². The summed E-state index contributed by atoms with van der Waals surface area (Å²) in [6.07, 6.45) is 0. The Hall–Kier alpha value is -2.51. The van der Waals surface area contributed by atoms with Gasteiger partial charge in [0, 0.05) is 21.0 Å². The number of hydrogen-bond donors (Lipinski definition) is 2. The lowest BCUT2D eigenvalue weighted by Gasteiger charge is -2.07. The Kier molecular flexibility index (Phi) is 5.80. The molecule has 132 valence electrons. The van der Waals surface area contributed by atoms with E-state index in [1.54, 1.807) is 12.1 Å². The highest BCUT2D eigenvalue weighted by atomic mass is 79.9. The van der Waals surface area contributed by atoms with E-state index in [1.165, 1.54) is 11.3 Å². The average Bonchev–Trinajstić information content (AvgIpc) is 3.08. The van der Waals surface area contributed by atoms with Gasteiger partial charge in [0.1, 0.15) is 0 Å². The molecule has 2 N–H and O–H groups in total. The Balaban J connectivity index is 1.57. The van der Waals surface area contributed by atoms with Crippen LogP contribution in [0.1, 0.15) is 15.9 Å². The Morgan fingerprint density at radius 1 is 1.15 bits per heavy atom. The summed E-state index contributed by atoms with van der Waals surface area (Å²) < 4.78 is 0.965. The molecule has 7 heteroatoms. The molecular weight excluding hydrogens is 414 g/mol. The molecular formula is C19H16BrN3O2S. The van der Waals surface area contributed by atoms with Gasteiger partial charge in [0.05, 0.1) is 12.2 Å². The van der Waals surface area contributed by atoms with Crippen LogP contribution in [0.2, 0.25) is 0 Å². The Labute approximate surface area is 163 Å². The van der Waals surface area contributed by atoms with Crippen LogP contribution >= 0.6 is 27.3 Å². The minimum atomic E-state index is -0.318. The normalized spacial score (nSPS) is 10.4. The maximum Gasteiger partial charge on any atom is 0.251 e.